The van der Waals surface area contributed by atoms with Gasteiger partial charge in [-0.3, -0.25) is 0 Å². The predicted octanol–water partition coefficient (Wildman–Crippen LogP) is 5.06. The highest BCUT2D eigenvalue weighted by Gasteiger charge is 2.18. The molecule has 0 aliphatic rings. The first-order valence-corrected chi connectivity index (χ1v) is 7.94. The molecule has 3 heteroatoms. The van der Waals surface area contributed by atoms with Crippen LogP contribution < -0.4 is 5.73 Å². The minimum Gasteiger partial charge on any atom is -0.330 e. The molecule has 0 heterocycles. The van der Waals surface area contributed by atoms with Crippen LogP contribution in [0.15, 0.2) is 42.5 Å². The van der Waals surface area contributed by atoms with Gasteiger partial charge in [-0.2, -0.15) is 0 Å². The van der Waals surface area contributed by atoms with Crippen molar-refractivity contribution in [2.75, 3.05) is 6.54 Å². The van der Waals surface area contributed by atoms with E-state index in [1.54, 1.807) is 12.1 Å². The standard InChI is InChI=1S/C19H23ClFN/c1-19(2,3)15-9-7-13(8-10-15)14(12-22)11-16-17(20)5-4-6-18(16)21/h4-10,14H,11-12,22H2,1-3H3. The van der Waals surface area contributed by atoms with E-state index in [1.807, 2.05) is 0 Å². The molecule has 0 saturated carbocycles. The van der Waals surface area contributed by atoms with Crippen molar-refractivity contribution in [2.24, 2.45) is 5.73 Å². The quantitative estimate of drug-likeness (QED) is 0.837. The summed E-state index contributed by atoms with van der Waals surface area (Å²) < 4.78 is 14.0. The number of halogens is 2. The van der Waals surface area contributed by atoms with Crippen molar-refractivity contribution in [1.29, 1.82) is 0 Å². The van der Waals surface area contributed by atoms with Gasteiger partial charge in [0, 0.05) is 16.5 Å². The Kier molecular flexibility index (Phi) is 5.25. The van der Waals surface area contributed by atoms with Crippen molar-refractivity contribution < 1.29 is 4.39 Å². The normalized spacial score (nSPS) is 13.2. The molecule has 1 atom stereocenters. The molecule has 0 amide bonds. The second-order valence-corrected chi connectivity index (χ2v) is 7.12. The SMILES string of the molecule is CC(C)(C)c1ccc(C(CN)Cc2c(F)cccc2Cl)cc1. The van der Waals surface area contributed by atoms with Gasteiger partial charge in [0.2, 0.25) is 0 Å². The Labute approximate surface area is 137 Å². The summed E-state index contributed by atoms with van der Waals surface area (Å²) in [6.45, 7) is 7.00. The van der Waals surface area contributed by atoms with Gasteiger partial charge >= 0.3 is 0 Å². The Balaban J connectivity index is 2.25. The third-order valence-corrected chi connectivity index (χ3v) is 4.40. The highest BCUT2D eigenvalue weighted by molar-refractivity contribution is 6.31. The zero-order valence-corrected chi connectivity index (χ0v) is 14.1. The average molecular weight is 320 g/mol. The van der Waals surface area contributed by atoms with Gasteiger partial charge in [0.25, 0.3) is 0 Å². The Morgan fingerprint density at radius 2 is 1.73 bits per heavy atom. The lowest BCUT2D eigenvalue weighted by atomic mass is 9.84. The van der Waals surface area contributed by atoms with E-state index in [-0.39, 0.29) is 17.2 Å². The van der Waals surface area contributed by atoms with Crippen LogP contribution in [0.1, 0.15) is 43.4 Å². The fourth-order valence-electron chi connectivity index (χ4n) is 2.57. The second-order valence-electron chi connectivity index (χ2n) is 6.71. The molecule has 0 fully saturated rings. The highest BCUT2D eigenvalue weighted by atomic mass is 35.5. The van der Waals surface area contributed by atoms with Crippen molar-refractivity contribution in [2.45, 2.75) is 38.5 Å². The van der Waals surface area contributed by atoms with E-state index in [4.69, 9.17) is 17.3 Å². The zero-order valence-electron chi connectivity index (χ0n) is 13.4. The van der Waals surface area contributed by atoms with E-state index in [9.17, 15) is 4.39 Å². The number of nitrogens with two attached hydrogens (primary N) is 1. The fraction of sp³-hybridized carbons (Fsp3) is 0.368. The Bertz CT molecular complexity index is 609. The molecule has 0 aliphatic heterocycles. The molecular weight excluding hydrogens is 297 g/mol. The van der Waals surface area contributed by atoms with Gasteiger partial charge < -0.3 is 5.73 Å². The van der Waals surface area contributed by atoms with Crippen LogP contribution in [-0.2, 0) is 11.8 Å². The molecule has 2 aromatic carbocycles. The van der Waals surface area contributed by atoms with Gasteiger partial charge in [0.15, 0.2) is 0 Å². The van der Waals surface area contributed by atoms with E-state index in [1.165, 1.54) is 11.6 Å². The van der Waals surface area contributed by atoms with Gasteiger partial charge in [-0.15, -0.1) is 0 Å². The van der Waals surface area contributed by atoms with E-state index in [0.717, 1.165) is 5.56 Å². The molecule has 2 rings (SSSR count). The maximum absolute atomic E-state index is 14.0. The molecule has 0 aromatic heterocycles. The van der Waals surface area contributed by atoms with Crippen LogP contribution in [0.3, 0.4) is 0 Å². The Morgan fingerprint density at radius 1 is 1.09 bits per heavy atom. The monoisotopic (exact) mass is 319 g/mol. The molecule has 0 bridgehead atoms. The van der Waals surface area contributed by atoms with Crippen molar-refractivity contribution in [1.82, 2.24) is 0 Å². The first-order chi connectivity index (χ1) is 10.3. The predicted molar refractivity (Wildman–Crippen MR) is 92.1 cm³/mol. The first kappa shape index (κ1) is 17.0. The van der Waals surface area contributed by atoms with Crippen LogP contribution in [0.2, 0.25) is 5.02 Å². The molecule has 0 radical (unpaired) electrons. The summed E-state index contributed by atoms with van der Waals surface area (Å²) in [7, 11) is 0. The van der Waals surface area contributed by atoms with Crippen LogP contribution in [0.4, 0.5) is 4.39 Å². The number of benzene rings is 2. The minimum absolute atomic E-state index is 0.0587. The lowest BCUT2D eigenvalue weighted by Gasteiger charge is -2.21. The van der Waals surface area contributed by atoms with Gasteiger partial charge in [-0.05, 0) is 41.6 Å². The third-order valence-electron chi connectivity index (χ3n) is 4.04. The summed E-state index contributed by atoms with van der Waals surface area (Å²) in [5, 5.41) is 0.463. The molecule has 2 N–H and O–H groups in total. The fourth-order valence-corrected chi connectivity index (χ4v) is 2.81. The van der Waals surface area contributed by atoms with Crippen LogP contribution in [0.25, 0.3) is 0 Å². The molecule has 0 spiro atoms. The largest absolute Gasteiger partial charge is 0.330 e. The number of rotatable bonds is 4. The smallest absolute Gasteiger partial charge is 0.127 e. The molecule has 1 unspecified atom stereocenters. The van der Waals surface area contributed by atoms with Crippen LogP contribution in [0, 0.1) is 5.82 Å². The van der Waals surface area contributed by atoms with Crippen molar-refractivity contribution in [3.63, 3.8) is 0 Å². The van der Waals surface area contributed by atoms with Crippen LogP contribution >= 0.6 is 11.6 Å². The molecule has 118 valence electrons. The van der Waals surface area contributed by atoms with E-state index >= 15 is 0 Å². The summed E-state index contributed by atoms with van der Waals surface area (Å²) in [6.07, 6.45) is 0.511. The zero-order chi connectivity index (χ0) is 16.3. The summed E-state index contributed by atoms with van der Waals surface area (Å²) in [6, 6.07) is 13.2. The van der Waals surface area contributed by atoms with Crippen molar-refractivity contribution >= 4 is 11.6 Å². The lowest BCUT2D eigenvalue weighted by molar-refractivity contribution is 0.585. The van der Waals surface area contributed by atoms with Crippen LogP contribution in [0.5, 0.6) is 0 Å². The molecule has 0 aliphatic carbocycles. The first-order valence-electron chi connectivity index (χ1n) is 7.56. The topological polar surface area (TPSA) is 26.0 Å². The van der Waals surface area contributed by atoms with E-state index in [2.05, 4.69) is 45.0 Å². The molecule has 22 heavy (non-hydrogen) atoms. The van der Waals surface area contributed by atoms with Crippen molar-refractivity contribution in [3.8, 4) is 0 Å². The lowest BCUT2D eigenvalue weighted by Crippen LogP contribution is -2.17. The third kappa shape index (κ3) is 3.88. The summed E-state index contributed by atoms with van der Waals surface area (Å²) in [5.41, 5.74) is 8.96. The molecule has 1 nitrogen and oxygen atoms in total. The second kappa shape index (κ2) is 6.80. The number of hydrogen-bond acceptors (Lipinski definition) is 1. The summed E-state index contributed by atoms with van der Waals surface area (Å²) in [5.74, 6) is -0.208. The Morgan fingerprint density at radius 3 is 2.23 bits per heavy atom. The van der Waals surface area contributed by atoms with Gasteiger partial charge in [-0.25, -0.2) is 4.39 Å². The van der Waals surface area contributed by atoms with E-state index in [0.29, 0.717) is 23.6 Å². The van der Waals surface area contributed by atoms with Gasteiger partial charge in [0.05, 0.1) is 0 Å². The maximum Gasteiger partial charge on any atom is 0.127 e. The molecule has 2 aromatic rings. The van der Waals surface area contributed by atoms with Gasteiger partial charge in [-0.1, -0.05) is 62.7 Å². The average Bonchev–Trinajstić information content (AvgIpc) is 2.46. The molecular formula is C19H23ClFN. The van der Waals surface area contributed by atoms with E-state index < -0.39 is 0 Å². The summed E-state index contributed by atoms with van der Waals surface area (Å²) >= 11 is 6.12. The Hall–Kier alpha value is -1.38. The van der Waals surface area contributed by atoms with Crippen molar-refractivity contribution in [3.05, 3.63) is 70.0 Å². The minimum atomic E-state index is -0.266. The number of hydrogen-bond donors (Lipinski definition) is 1. The van der Waals surface area contributed by atoms with Crippen LogP contribution in [-0.4, -0.2) is 6.54 Å². The van der Waals surface area contributed by atoms with Gasteiger partial charge in [0.1, 0.15) is 5.82 Å². The highest BCUT2D eigenvalue weighted by Crippen LogP contribution is 2.29. The summed E-state index contributed by atoms with van der Waals surface area (Å²) in [4.78, 5) is 0. The molecule has 0 saturated heterocycles. The maximum atomic E-state index is 14.0.